The van der Waals surface area contributed by atoms with Gasteiger partial charge in [-0.05, 0) is 23.8 Å². The standard InChI is InChI=1S/C14H13FN2O/c1-17-14(18)12-8-9(16)6-7-10(12)11-4-2-3-5-13(11)15/h2-8H,16H2,1H3,(H,17,18). The van der Waals surface area contributed by atoms with E-state index < -0.39 is 0 Å². The Labute approximate surface area is 104 Å². The third-order valence-electron chi connectivity index (χ3n) is 2.68. The lowest BCUT2D eigenvalue weighted by atomic mass is 9.98. The first-order chi connectivity index (χ1) is 8.63. The number of halogens is 1. The van der Waals surface area contributed by atoms with Gasteiger partial charge in [0.25, 0.3) is 5.91 Å². The molecule has 3 nitrogen and oxygen atoms in total. The zero-order valence-corrected chi connectivity index (χ0v) is 9.91. The third kappa shape index (κ3) is 2.18. The maximum Gasteiger partial charge on any atom is 0.251 e. The van der Waals surface area contributed by atoms with Crippen LogP contribution in [0.15, 0.2) is 42.5 Å². The summed E-state index contributed by atoms with van der Waals surface area (Å²) in [5.41, 5.74) is 7.41. The molecule has 2 aromatic carbocycles. The second-order valence-corrected chi connectivity index (χ2v) is 3.86. The summed E-state index contributed by atoms with van der Waals surface area (Å²) >= 11 is 0. The third-order valence-corrected chi connectivity index (χ3v) is 2.68. The molecule has 92 valence electrons. The van der Waals surface area contributed by atoms with E-state index in [0.717, 1.165) is 0 Å². The van der Waals surface area contributed by atoms with Crippen LogP contribution >= 0.6 is 0 Å². The lowest BCUT2D eigenvalue weighted by Crippen LogP contribution is -2.19. The molecule has 0 fully saturated rings. The van der Waals surface area contributed by atoms with Crippen molar-refractivity contribution >= 4 is 11.6 Å². The summed E-state index contributed by atoms with van der Waals surface area (Å²) in [6, 6.07) is 11.2. The number of carbonyl (C=O) groups is 1. The van der Waals surface area contributed by atoms with Crippen LogP contribution in [0.5, 0.6) is 0 Å². The van der Waals surface area contributed by atoms with Crippen molar-refractivity contribution < 1.29 is 9.18 Å². The number of hydrogen-bond donors (Lipinski definition) is 2. The number of benzene rings is 2. The summed E-state index contributed by atoms with van der Waals surface area (Å²) in [5.74, 6) is -0.659. The van der Waals surface area contributed by atoms with Crippen LogP contribution in [0.25, 0.3) is 11.1 Å². The Morgan fingerprint density at radius 2 is 1.89 bits per heavy atom. The lowest BCUT2D eigenvalue weighted by molar-refractivity contribution is 0.0964. The highest BCUT2D eigenvalue weighted by Gasteiger charge is 2.14. The van der Waals surface area contributed by atoms with Crippen molar-refractivity contribution in [1.82, 2.24) is 5.32 Å². The van der Waals surface area contributed by atoms with Crippen molar-refractivity contribution in [3.8, 4) is 11.1 Å². The van der Waals surface area contributed by atoms with Crippen molar-refractivity contribution in [3.63, 3.8) is 0 Å². The van der Waals surface area contributed by atoms with E-state index in [-0.39, 0.29) is 11.7 Å². The van der Waals surface area contributed by atoms with Crippen LogP contribution < -0.4 is 11.1 Å². The fourth-order valence-corrected chi connectivity index (χ4v) is 1.80. The van der Waals surface area contributed by atoms with Gasteiger partial charge >= 0.3 is 0 Å². The number of nitrogen functional groups attached to an aromatic ring is 1. The quantitative estimate of drug-likeness (QED) is 0.797. The number of nitrogens with one attached hydrogen (secondary N) is 1. The Balaban J connectivity index is 2.64. The first-order valence-electron chi connectivity index (χ1n) is 5.50. The average Bonchev–Trinajstić information content (AvgIpc) is 2.39. The van der Waals surface area contributed by atoms with Gasteiger partial charge in [-0.15, -0.1) is 0 Å². The summed E-state index contributed by atoms with van der Waals surface area (Å²) in [6.45, 7) is 0. The van der Waals surface area contributed by atoms with Crippen LogP contribution in [-0.4, -0.2) is 13.0 Å². The van der Waals surface area contributed by atoms with E-state index in [4.69, 9.17) is 5.73 Å². The van der Waals surface area contributed by atoms with Crippen LogP contribution in [0.2, 0.25) is 0 Å². The number of hydrogen-bond acceptors (Lipinski definition) is 2. The van der Waals surface area contributed by atoms with Gasteiger partial charge in [-0.1, -0.05) is 24.3 Å². The van der Waals surface area contributed by atoms with Crippen LogP contribution in [0.4, 0.5) is 10.1 Å². The normalized spacial score (nSPS) is 10.1. The van der Waals surface area contributed by atoms with Gasteiger partial charge in [0.05, 0.1) is 0 Å². The number of rotatable bonds is 2. The predicted molar refractivity (Wildman–Crippen MR) is 69.6 cm³/mol. The second kappa shape index (κ2) is 4.87. The Kier molecular flexibility index (Phi) is 3.28. The molecular weight excluding hydrogens is 231 g/mol. The van der Waals surface area contributed by atoms with E-state index in [1.165, 1.54) is 13.1 Å². The van der Waals surface area contributed by atoms with E-state index >= 15 is 0 Å². The summed E-state index contributed by atoms with van der Waals surface area (Å²) in [6.07, 6.45) is 0. The largest absolute Gasteiger partial charge is 0.399 e. The van der Waals surface area contributed by atoms with Gasteiger partial charge in [-0.2, -0.15) is 0 Å². The molecule has 3 N–H and O–H groups in total. The molecule has 0 aliphatic rings. The number of anilines is 1. The maximum atomic E-state index is 13.8. The van der Waals surface area contributed by atoms with Crippen molar-refractivity contribution in [1.29, 1.82) is 0 Å². The first-order valence-corrected chi connectivity index (χ1v) is 5.50. The molecule has 0 spiro atoms. The SMILES string of the molecule is CNC(=O)c1cc(N)ccc1-c1ccccc1F. The molecule has 0 heterocycles. The van der Waals surface area contributed by atoms with Crippen molar-refractivity contribution in [2.75, 3.05) is 12.8 Å². The van der Waals surface area contributed by atoms with E-state index in [1.54, 1.807) is 36.4 Å². The molecule has 0 atom stereocenters. The molecule has 0 aliphatic heterocycles. The van der Waals surface area contributed by atoms with Gasteiger partial charge in [-0.25, -0.2) is 4.39 Å². The molecule has 0 unspecified atom stereocenters. The predicted octanol–water partition coefficient (Wildman–Crippen LogP) is 2.43. The topological polar surface area (TPSA) is 55.1 Å². The minimum atomic E-state index is -0.368. The van der Waals surface area contributed by atoms with Gasteiger partial charge in [0, 0.05) is 23.9 Å². The maximum absolute atomic E-state index is 13.8. The second-order valence-electron chi connectivity index (χ2n) is 3.86. The minimum absolute atomic E-state index is 0.291. The summed E-state index contributed by atoms with van der Waals surface area (Å²) in [7, 11) is 1.52. The minimum Gasteiger partial charge on any atom is -0.399 e. The fraction of sp³-hybridized carbons (Fsp3) is 0.0714. The molecule has 2 aromatic rings. The van der Waals surface area contributed by atoms with E-state index in [9.17, 15) is 9.18 Å². The zero-order valence-electron chi connectivity index (χ0n) is 9.91. The Hall–Kier alpha value is -2.36. The monoisotopic (exact) mass is 244 g/mol. The Bertz CT molecular complexity index is 596. The smallest absolute Gasteiger partial charge is 0.251 e. The molecule has 0 radical (unpaired) electrons. The lowest BCUT2D eigenvalue weighted by Gasteiger charge is -2.10. The van der Waals surface area contributed by atoms with Gasteiger partial charge in [0.2, 0.25) is 0 Å². The van der Waals surface area contributed by atoms with Gasteiger partial charge in [0.1, 0.15) is 5.82 Å². The molecule has 1 amide bonds. The molecule has 0 bridgehead atoms. The number of amides is 1. The highest BCUT2D eigenvalue weighted by molar-refractivity contribution is 6.01. The van der Waals surface area contributed by atoms with Gasteiger partial charge in [0.15, 0.2) is 0 Å². The summed E-state index contributed by atoms with van der Waals surface area (Å²) in [4.78, 5) is 11.8. The van der Waals surface area contributed by atoms with Crippen molar-refractivity contribution in [3.05, 3.63) is 53.8 Å². The Morgan fingerprint density at radius 3 is 2.56 bits per heavy atom. The molecular formula is C14H13FN2O. The van der Waals surface area contributed by atoms with E-state index in [1.807, 2.05) is 0 Å². The summed E-state index contributed by atoms with van der Waals surface area (Å²) in [5, 5.41) is 2.52. The average molecular weight is 244 g/mol. The summed E-state index contributed by atoms with van der Waals surface area (Å²) < 4.78 is 13.8. The molecule has 0 aromatic heterocycles. The Morgan fingerprint density at radius 1 is 1.17 bits per heavy atom. The van der Waals surface area contributed by atoms with E-state index in [0.29, 0.717) is 22.4 Å². The molecule has 0 aliphatic carbocycles. The van der Waals surface area contributed by atoms with Crippen molar-refractivity contribution in [2.45, 2.75) is 0 Å². The number of carbonyl (C=O) groups excluding carboxylic acids is 1. The molecule has 0 saturated heterocycles. The highest BCUT2D eigenvalue weighted by Crippen LogP contribution is 2.27. The molecule has 18 heavy (non-hydrogen) atoms. The fourth-order valence-electron chi connectivity index (χ4n) is 1.80. The zero-order chi connectivity index (χ0) is 13.1. The van der Waals surface area contributed by atoms with Crippen molar-refractivity contribution in [2.24, 2.45) is 0 Å². The highest BCUT2D eigenvalue weighted by atomic mass is 19.1. The molecule has 4 heteroatoms. The first kappa shape index (κ1) is 12.1. The van der Waals surface area contributed by atoms with Crippen LogP contribution in [0.3, 0.4) is 0 Å². The van der Waals surface area contributed by atoms with Gasteiger partial charge < -0.3 is 11.1 Å². The van der Waals surface area contributed by atoms with Crippen LogP contribution in [0.1, 0.15) is 10.4 Å². The molecule has 0 saturated carbocycles. The van der Waals surface area contributed by atoms with Crippen LogP contribution in [0, 0.1) is 5.82 Å². The van der Waals surface area contributed by atoms with Crippen LogP contribution in [-0.2, 0) is 0 Å². The van der Waals surface area contributed by atoms with E-state index in [2.05, 4.69) is 5.32 Å². The number of nitrogens with two attached hydrogens (primary N) is 1. The molecule has 2 rings (SSSR count). The van der Waals surface area contributed by atoms with Gasteiger partial charge in [-0.3, -0.25) is 4.79 Å².